The molecule has 0 spiro atoms. The standard InChI is InChI=1S/C8H15N/c1-3-7(2)9-6-8-4-5-8/h8-9H,2-6H2,1H3. The first-order chi connectivity index (χ1) is 4.33. The van der Waals surface area contributed by atoms with Crippen molar-refractivity contribution in [3.63, 3.8) is 0 Å². The SMILES string of the molecule is C=C(CC)NCC1CC1. The lowest BCUT2D eigenvalue weighted by Gasteiger charge is -2.04. The molecule has 0 radical (unpaired) electrons. The number of rotatable bonds is 4. The van der Waals surface area contributed by atoms with Crippen LogP contribution in [-0.2, 0) is 0 Å². The van der Waals surface area contributed by atoms with Gasteiger partial charge in [-0.25, -0.2) is 0 Å². The molecule has 0 aliphatic heterocycles. The minimum atomic E-state index is 0.966. The van der Waals surface area contributed by atoms with Crippen LogP contribution in [0.15, 0.2) is 12.3 Å². The van der Waals surface area contributed by atoms with Crippen molar-refractivity contribution in [2.75, 3.05) is 6.54 Å². The first-order valence-corrected chi connectivity index (χ1v) is 3.74. The van der Waals surface area contributed by atoms with Gasteiger partial charge in [-0.05, 0) is 25.2 Å². The van der Waals surface area contributed by atoms with E-state index in [1.807, 2.05) is 0 Å². The third kappa shape index (κ3) is 2.54. The van der Waals surface area contributed by atoms with Gasteiger partial charge in [0.05, 0.1) is 0 Å². The quantitative estimate of drug-likeness (QED) is 0.605. The number of allylic oxidation sites excluding steroid dienone is 1. The molecule has 1 N–H and O–H groups in total. The molecule has 0 atom stereocenters. The zero-order valence-corrected chi connectivity index (χ0v) is 6.11. The highest BCUT2D eigenvalue weighted by molar-refractivity contribution is 4.91. The molecular formula is C8H15N. The summed E-state index contributed by atoms with van der Waals surface area (Å²) in [4.78, 5) is 0. The number of hydrogen-bond donors (Lipinski definition) is 1. The highest BCUT2D eigenvalue weighted by atomic mass is 14.9. The molecule has 0 saturated heterocycles. The monoisotopic (exact) mass is 125 g/mol. The van der Waals surface area contributed by atoms with Crippen LogP contribution in [0.4, 0.5) is 0 Å². The van der Waals surface area contributed by atoms with E-state index in [-0.39, 0.29) is 0 Å². The Morgan fingerprint density at radius 2 is 2.33 bits per heavy atom. The maximum absolute atomic E-state index is 3.86. The van der Waals surface area contributed by atoms with E-state index in [1.54, 1.807) is 0 Å². The summed E-state index contributed by atoms with van der Waals surface area (Å²) in [7, 11) is 0. The molecule has 1 fully saturated rings. The Kier molecular flexibility index (Phi) is 2.15. The maximum Gasteiger partial charge on any atom is 0.0172 e. The summed E-state index contributed by atoms with van der Waals surface area (Å²) in [6, 6.07) is 0. The Bertz CT molecular complexity index is 103. The summed E-state index contributed by atoms with van der Waals surface area (Å²) in [5, 5.41) is 3.30. The molecule has 1 nitrogen and oxygen atoms in total. The Labute approximate surface area is 57.1 Å². The van der Waals surface area contributed by atoms with Gasteiger partial charge in [0.2, 0.25) is 0 Å². The summed E-state index contributed by atoms with van der Waals surface area (Å²) < 4.78 is 0. The fourth-order valence-electron chi connectivity index (χ4n) is 0.736. The van der Waals surface area contributed by atoms with Crippen LogP contribution in [0.1, 0.15) is 26.2 Å². The van der Waals surface area contributed by atoms with E-state index in [4.69, 9.17) is 0 Å². The molecule has 0 aromatic rings. The smallest absolute Gasteiger partial charge is 0.0172 e. The minimum Gasteiger partial charge on any atom is -0.389 e. The third-order valence-corrected chi connectivity index (χ3v) is 1.76. The van der Waals surface area contributed by atoms with Crippen LogP contribution in [0.25, 0.3) is 0 Å². The Hall–Kier alpha value is -0.460. The van der Waals surface area contributed by atoms with Crippen molar-refractivity contribution in [1.29, 1.82) is 0 Å². The molecule has 1 heteroatoms. The average Bonchev–Trinajstić information content (AvgIpc) is 2.65. The predicted octanol–water partition coefficient (Wildman–Crippen LogP) is 1.91. The second-order valence-corrected chi connectivity index (χ2v) is 2.78. The maximum atomic E-state index is 3.86. The lowest BCUT2D eigenvalue weighted by molar-refractivity contribution is 0.699. The highest BCUT2D eigenvalue weighted by Gasteiger charge is 2.20. The molecule has 0 aromatic carbocycles. The van der Waals surface area contributed by atoms with E-state index in [1.165, 1.54) is 18.5 Å². The Morgan fingerprint density at radius 1 is 1.67 bits per heavy atom. The first kappa shape index (κ1) is 6.66. The average molecular weight is 125 g/mol. The van der Waals surface area contributed by atoms with Crippen LogP contribution in [0.2, 0.25) is 0 Å². The second kappa shape index (κ2) is 2.90. The van der Waals surface area contributed by atoms with Gasteiger partial charge in [-0.3, -0.25) is 0 Å². The van der Waals surface area contributed by atoms with Crippen LogP contribution in [0.5, 0.6) is 0 Å². The molecule has 0 heterocycles. The number of hydrogen-bond acceptors (Lipinski definition) is 1. The van der Waals surface area contributed by atoms with Crippen molar-refractivity contribution in [2.45, 2.75) is 26.2 Å². The van der Waals surface area contributed by atoms with Gasteiger partial charge in [0.25, 0.3) is 0 Å². The molecule has 0 aromatic heterocycles. The van der Waals surface area contributed by atoms with Crippen LogP contribution < -0.4 is 5.32 Å². The van der Waals surface area contributed by atoms with Crippen molar-refractivity contribution in [1.82, 2.24) is 5.32 Å². The van der Waals surface area contributed by atoms with Crippen molar-refractivity contribution < 1.29 is 0 Å². The van der Waals surface area contributed by atoms with E-state index in [9.17, 15) is 0 Å². The van der Waals surface area contributed by atoms with Gasteiger partial charge in [0.15, 0.2) is 0 Å². The summed E-state index contributed by atoms with van der Waals surface area (Å²) in [5.74, 6) is 0.966. The molecule has 1 saturated carbocycles. The molecule has 0 unspecified atom stereocenters. The summed E-state index contributed by atoms with van der Waals surface area (Å²) in [6.07, 6.45) is 3.90. The second-order valence-electron chi connectivity index (χ2n) is 2.78. The zero-order valence-electron chi connectivity index (χ0n) is 6.11. The molecule has 9 heavy (non-hydrogen) atoms. The predicted molar refractivity (Wildman–Crippen MR) is 40.2 cm³/mol. The van der Waals surface area contributed by atoms with Crippen molar-refractivity contribution in [3.05, 3.63) is 12.3 Å². The minimum absolute atomic E-state index is 0.966. The first-order valence-electron chi connectivity index (χ1n) is 3.74. The van der Waals surface area contributed by atoms with Crippen molar-refractivity contribution in [3.8, 4) is 0 Å². The van der Waals surface area contributed by atoms with Gasteiger partial charge < -0.3 is 5.32 Å². The fraction of sp³-hybridized carbons (Fsp3) is 0.750. The molecule has 0 bridgehead atoms. The Balaban J connectivity index is 1.96. The normalized spacial score (nSPS) is 17.4. The third-order valence-electron chi connectivity index (χ3n) is 1.76. The van der Waals surface area contributed by atoms with Crippen LogP contribution in [-0.4, -0.2) is 6.54 Å². The molecule has 0 amide bonds. The number of nitrogens with one attached hydrogen (secondary N) is 1. The molecular weight excluding hydrogens is 110 g/mol. The summed E-state index contributed by atoms with van der Waals surface area (Å²) >= 11 is 0. The fourth-order valence-corrected chi connectivity index (χ4v) is 0.736. The van der Waals surface area contributed by atoms with Crippen molar-refractivity contribution in [2.24, 2.45) is 5.92 Å². The lowest BCUT2D eigenvalue weighted by Crippen LogP contribution is -2.14. The van der Waals surface area contributed by atoms with Gasteiger partial charge in [-0.2, -0.15) is 0 Å². The topological polar surface area (TPSA) is 12.0 Å². The van der Waals surface area contributed by atoms with Gasteiger partial charge >= 0.3 is 0 Å². The van der Waals surface area contributed by atoms with Gasteiger partial charge in [0, 0.05) is 12.2 Å². The van der Waals surface area contributed by atoms with Gasteiger partial charge in [-0.15, -0.1) is 0 Å². The summed E-state index contributed by atoms with van der Waals surface area (Å²) in [5.41, 5.74) is 1.18. The van der Waals surface area contributed by atoms with Gasteiger partial charge in [0.1, 0.15) is 0 Å². The molecule has 1 aliphatic rings. The molecule has 1 rings (SSSR count). The van der Waals surface area contributed by atoms with E-state index < -0.39 is 0 Å². The largest absolute Gasteiger partial charge is 0.389 e. The van der Waals surface area contributed by atoms with E-state index in [0.717, 1.165) is 18.9 Å². The van der Waals surface area contributed by atoms with E-state index in [0.29, 0.717) is 0 Å². The lowest BCUT2D eigenvalue weighted by atomic mass is 10.3. The van der Waals surface area contributed by atoms with Gasteiger partial charge in [-0.1, -0.05) is 13.5 Å². The van der Waals surface area contributed by atoms with E-state index >= 15 is 0 Å². The highest BCUT2D eigenvalue weighted by Crippen LogP contribution is 2.27. The van der Waals surface area contributed by atoms with E-state index in [2.05, 4.69) is 18.8 Å². The van der Waals surface area contributed by atoms with Crippen LogP contribution in [0, 0.1) is 5.92 Å². The summed E-state index contributed by atoms with van der Waals surface area (Å²) in [6.45, 7) is 7.15. The van der Waals surface area contributed by atoms with Crippen LogP contribution >= 0.6 is 0 Å². The Morgan fingerprint density at radius 3 is 2.78 bits per heavy atom. The van der Waals surface area contributed by atoms with Crippen molar-refractivity contribution >= 4 is 0 Å². The molecule has 1 aliphatic carbocycles. The molecule has 52 valence electrons. The van der Waals surface area contributed by atoms with Crippen LogP contribution in [0.3, 0.4) is 0 Å². The zero-order chi connectivity index (χ0) is 6.69.